The number of hydrogen-bond donors (Lipinski definition) is 0. The predicted octanol–water partition coefficient (Wildman–Crippen LogP) is 4.13. The highest BCUT2D eigenvalue weighted by Crippen LogP contribution is 2.48. The highest BCUT2D eigenvalue weighted by molar-refractivity contribution is 7.99. The van der Waals surface area contributed by atoms with Gasteiger partial charge < -0.3 is 19.3 Å². The lowest BCUT2D eigenvalue weighted by Gasteiger charge is -2.31. The number of morpholine rings is 1. The molecule has 0 N–H and O–H groups in total. The lowest BCUT2D eigenvalue weighted by atomic mass is 10.1. The minimum absolute atomic E-state index is 0.768. The van der Waals surface area contributed by atoms with Crippen molar-refractivity contribution >= 4 is 40.3 Å². The van der Waals surface area contributed by atoms with Crippen LogP contribution in [0.15, 0.2) is 46.2 Å². The average molecular weight is 387 g/mol. The maximum atomic E-state index is 5.67. The number of anilines is 2. The SMILES string of the molecule is COc1ccc2c(c1)Sc1ccc(CC(=S)N3CCOCC3)cc1N2C. The predicted molar refractivity (Wildman–Crippen MR) is 110 cm³/mol. The molecule has 26 heavy (non-hydrogen) atoms. The largest absolute Gasteiger partial charge is 0.497 e. The second kappa shape index (κ2) is 7.47. The van der Waals surface area contributed by atoms with E-state index in [1.165, 1.54) is 26.7 Å². The van der Waals surface area contributed by atoms with Gasteiger partial charge in [-0.3, -0.25) is 0 Å². The van der Waals surface area contributed by atoms with E-state index >= 15 is 0 Å². The van der Waals surface area contributed by atoms with E-state index in [0.29, 0.717) is 0 Å². The second-order valence-corrected chi connectivity index (χ2v) is 8.02. The number of ether oxygens (including phenoxy) is 2. The van der Waals surface area contributed by atoms with E-state index in [1.54, 1.807) is 18.9 Å². The standard InChI is InChI=1S/C20H22N2O2S2/c1-21-16-5-4-15(23-2)13-19(16)26-18-6-3-14(11-17(18)21)12-20(25)22-7-9-24-10-8-22/h3-6,11,13H,7-10,12H2,1-2H3. The molecule has 1 fully saturated rings. The van der Waals surface area contributed by atoms with Gasteiger partial charge in [0.1, 0.15) is 5.75 Å². The van der Waals surface area contributed by atoms with Gasteiger partial charge in [0.25, 0.3) is 0 Å². The zero-order valence-electron chi connectivity index (χ0n) is 15.0. The third-order valence-corrected chi connectivity index (χ3v) is 6.37. The van der Waals surface area contributed by atoms with Crippen molar-refractivity contribution in [2.24, 2.45) is 0 Å². The molecule has 0 saturated carbocycles. The molecular formula is C20H22N2O2S2. The Morgan fingerprint density at radius 2 is 1.92 bits per heavy atom. The maximum absolute atomic E-state index is 5.67. The van der Waals surface area contributed by atoms with Gasteiger partial charge in [0.2, 0.25) is 0 Å². The summed E-state index contributed by atoms with van der Waals surface area (Å²) < 4.78 is 10.8. The quantitative estimate of drug-likeness (QED) is 0.736. The van der Waals surface area contributed by atoms with Crippen molar-refractivity contribution < 1.29 is 9.47 Å². The van der Waals surface area contributed by atoms with Crippen molar-refractivity contribution in [3.05, 3.63) is 42.0 Å². The summed E-state index contributed by atoms with van der Waals surface area (Å²) in [5, 5.41) is 0. The van der Waals surface area contributed by atoms with Gasteiger partial charge in [-0.1, -0.05) is 30.0 Å². The van der Waals surface area contributed by atoms with E-state index in [9.17, 15) is 0 Å². The smallest absolute Gasteiger partial charge is 0.120 e. The van der Waals surface area contributed by atoms with Crippen molar-refractivity contribution in [2.45, 2.75) is 16.2 Å². The Kier molecular flexibility index (Phi) is 5.07. The van der Waals surface area contributed by atoms with Gasteiger partial charge in [0, 0.05) is 36.3 Å². The van der Waals surface area contributed by atoms with Crippen LogP contribution in [0.1, 0.15) is 5.56 Å². The first-order valence-electron chi connectivity index (χ1n) is 8.74. The molecule has 0 spiro atoms. The van der Waals surface area contributed by atoms with Crippen LogP contribution in [-0.2, 0) is 11.2 Å². The molecule has 0 bridgehead atoms. The molecule has 136 valence electrons. The summed E-state index contributed by atoms with van der Waals surface area (Å²) in [5.74, 6) is 0.889. The first kappa shape index (κ1) is 17.6. The van der Waals surface area contributed by atoms with Gasteiger partial charge in [-0.25, -0.2) is 0 Å². The Labute approximate surface area is 164 Å². The molecule has 4 nitrogen and oxygen atoms in total. The van der Waals surface area contributed by atoms with E-state index in [-0.39, 0.29) is 0 Å². The van der Waals surface area contributed by atoms with Crippen LogP contribution < -0.4 is 9.64 Å². The Balaban J connectivity index is 1.56. The monoisotopic (exact) mass is 386 g/mol. The highest BCUT2D eigenvalue weighted by atomic mass is 32.2. The van der Waals surface area contributed by atoms with E-state index in [1.807, 2.05) is 6.07 Å². The molecule has 0 unspecified atom stereocenters. The van der Waals surface area contributed by atoms with Crippen LogP contribution in [0.3, 0.4) is 0 Å². The van der Waals surface area contributed by atoms with Gasteiger partial charge in [0.05, 0.1) is 36.7 Å². The van der Waals surface area contributed by atoms with Crippen LogP contribution in [-0.4, -0.2) is 50.3 Å². The molecule has 0 amide bonds. The number of benzene rings is 2. The lowest BCUT2D eigenvalue weighted by molar-refractivity contribution is 0.0684. The van der Waals surface area contributed by atoms with Crippen LogP contribution >= 0.6 is 24.0 Å². The fraction of sp³-hybridized carbons (Fsp3) is 0.350. The normalized spacial score (nSPS) is 16.1. The first-order valence-corrected chi connectivity index (χ1v) is 9.96. The third kappa shape index (κ3) is 3.41. The summed E-state index contributed by atoms with van der Waals surface area (Å²) in [7, 11) is 3.82. The van der Waals surface area contributed by atoms with Crippen molar-refractivity contribution in [1.29, 1.82) is 0 Å². The second-order valence-electron chi connectivity index (χ2n) is 6.47. The molecule has 2 aromatic rings. The molecule has 1 saturated heterocycles. The molecule has 2 aliphatic heterocycles. The Morgan fingerprint density at radius 3 is 2.69 bits per heavy atom. The summed E-state index contributed by atoms with van der Waals surface area (Å²) in [6.07, 6.45) is 0.802. The minimum atomic E-state index is 0.768. The fourth-order valence-corrected chi connectivity index (χ4v) is 4.86. The minimum Gasteiger partial charge on any atom is -0.497 e. The Bertz CT molecular complexity index is 835. The van der Waals surface area contributed by atoms with Gasteiger partial charge in [-0.05, 0) is 35.9 Å². The van der Waals surface area contributed by atoms with Crippen molar-refractivity contribution in [3.63, 3.8) is 0 Å². The van der Waals surface area contributed by atoms with E-state index < -0.39 is 0 Å². The molecule has 4 rings (SSSR count). The Morgan fingerprint density at radius 1 is 1.12 bits per heavy atom. The molecule has 2 aromatic carbocycles. The van der Waals surface area contributed by atoms with Gasteiger partial charge >= 0.3 is 0 Å². The van der Waals surface area contributed by atoms with Gasteiger partial charge in [-0.15, -0.1) is 0 Å². The van der Waals surface area contributed by atoms with E-state index in [2.05, 4.69) is 47.2 Å². The highest BCUT2D eigenvalue weighted by Gasteiger charge is 2.22. The molecule has 2 aliphatic rings. The van der Waals surface area contributed by atoms with E-state index in [0.717, 1.165) is 43.5 Å². The fourth-order valence-electron chi connectivity index (χ4n) is 3.35. The van der Waals surface area contributed by atoms with Crippen LogP contribution in [0.25, 0.3) is 0 Å². The summed E-state index contributed by atoms with van der Waals surface area (Å²) >= 11 is 7.46. The number of methoxy groups -OCH3 is 1. The van der Waals surface area contributed by atoms with Crippen LogP contribution in [0.4, 0.5) is 11.4 Å². The molecule has 0 radical (unpaired) electrons. The number of thiocarbonyl (C=S) groups is 1. The number of hydrogen-bond acceptors (Lipinski definition) is 5. The number of rotatable bonds is 3. The van der Waals surface area contributed by atoms with E-state index in [4.69, 9.17) is 21.7 Å². The molecular weight excluding hydrogens is 364 g/mol. The average Bonchev–Trinajstić information content (AvgIpc) is 2.69. The van der Waals surface area contributed by atoms with Gasteiger partial charge in [0.15, 0.2) is 0 Å². The summed E-state index contributed by atoms with van der Waals surface area (Å²) in [6, 6.07) is 12.9. The number of nitrogens with zero attached hydrogens (tertiary/aromatic N) is 2. The van der Waals surface area contributed by atoms with Crippen LogP contribution in [0.2, 0.25) is 0 Å². The third-order valence-electron chi connectivity index (χ3n) is 4.85. The zero-order chi connectivity index (χ0) is 18.1. The Hall–Kier alpha value is -1.76. The van der Waals surface area contributed by atoms with Crippen molar-refractivity contribution in [3.8, 4) is 5.75 Å². The van der Waals surface area contributed by atoms with Crippen LogP contribution in [0.5, 0.6) is 5.75 Å². The summed E-state index contributed by atoms with van der Waals surface area (Å²) in [6.45, 7) is 3.33. The summed E-state index contributed by atoms with van der Waals surface area (Å²) in [4.78, 5) is 8.00. The molecule has 0 atom stereocenters. The van der Waals surface area contributed by atoms with Crippen LogP contribution in [0, 0.1) is 0 Å². The summed E-state index contributed by atoms with van der Waals surface area (Å²) in [5.41, 5.74) is 3.69. The molecule has 2 heterocycles. The molecule has 0 aliphatic carbocycles. The number of fused-ring (bicyclic) bond motifs is 2. The zero-order valence-corrected chi connectivity index (χ0v) is 16.7. The first-order chi connectivity index (χ1) is 12.7. The molecule has 6 heteroatoms. The maximum Gasteiger partial charge on any atom is 0.120 e. The van der Waals surface area contributed by atoms with Crippen molar-refractivity contribution in [2.75, 3.05) is 45.4 Å². The van der Waals surface area contributed by atoms with Crippen molar-refractivity contribution in [1.82, 2.24) is 4.90 Å². The lowest BCUT2D eigenvalue weighted by Crippen LogP contribution is -2.40. The molecule has 0 aromatic heterocycles. The van der Waals surface area contributed by atoms with Gasteiger partial charge in [-0.2, -0.15) is 0 Å². The topological polar surface area (TPSA) is 24.9 Å².